The molecule has 12 heteroatoms. The van der Waals surface area contributed by atoms with Crippen molar-refractivity contribution >= 4 is 30.4 Å². The van der Waals surface area contributed by atoms with Crippen molar-refractivity contribution in [2.24, 2.45) is 0 Å². The zero-order chi connectivity index (χ0) is 13.4. The molecule has 0 aliphatic heterocycles. The molecular weight excluding hydrogens is 294 g/mol. The molecule has 0 saturated heterocycles. The molecule has 0 spiro atoms. The Morgan fingerprint density at radius 2 is 1.59 bits per heavy atom. The predicted octanol–water partition coefficient (Wildman–Crippen LogP) is 3.04. The number of anilines is 1. The number of aromatic amines is 2. The molecule has 1 rings (SSSR count). The fraction of sp³-hybridized carbons (Fsp3) is 0.400. The number of aromatic nitrogens is 3. The average molecular weight is 296 g/mol. The van der Waals surface area contributed by atoms with E-state index in [1.54, 1.807) is 4.98 Å². The second-order valence-corrected chi connectivity index (χ2v) is 3.43. The largest absolute Gasteiger partial charge is 0.478 e. The van der Waals surface area contributed by atoms with Crippen molar-refractivity contribution in [3.05, 3.63) is 9.54 Å². The third-order valence-corrected chi connectivity index (χ3v) is 1.82. The lowest BCUT2D eigenvalue weighted by atomic mass is 10.5. The van der Waals surface area contributed by atoms with Crippen molar-refractivity contribution in [3.63, 3.8) is 0 Å². The van der Waals surface area contributed by atoms with Gasteiger partial charge in [-0.15, -0.1) is 5.12 Å². The summed E-state index contributed by atoms with van der Waals surface area (Å²) in [5, 5.41) is -1.88. The van der Waals surface area contributed by atoms with Crippen molar-refractivity contribution in [2.45, 2.75) is 12.2 Å². The normalized spacial score (nSPS) is 12.6. The maximum Gasteiger partial charge on any atom is 0.478 e. The van der Waals surface area contributed by atoms with E-state index in [9.17, 15) is 26.4 Å². The first-order valence-corrected chi connectivity index (χ1v) is 4.48. The summed E-state index contributed by atoms with van der Waals surface area (Å²) in [6.07, 6.45) is -6.11. The molecule has 0 unspecified atom stereocenters. The van der Waals surface area contributed by atoms with Crippen LogP contribution >= 0.6 is 24.4 Å². The maximum atomic E-state index is 12.9. The molecule has 0 bridgehead atoms. The number of hydrogen-bond donors (Lipinski definition) is 2. The number of nitrogens with zero attached hydrogens (tertiary/aromatic N) is 2. The van der Waals surface area contributed by atoms with Crippen LogP contribution in [0.1, 0.15) is 0 Å². The predicted molar refractivity (Wildman–Crippen MR) is 49.2 cm³/mol. The van der Waals surface area contributed by atoms with Crippen LogP contribution in [0.5, 0.6) is 0 Å². The Balaban J connectivity index is 3.26. The highest BCUT2D eigenvalue weighted by atomic mass is 32.1. The summed E-state index contributed by atoms with van der Waals surface area (Å²) in [6.45, 7) is 0. The SMILES string of the molecule is FN(c1nc(=S)[nH]c(=S)[nH]1)C(F)(F)C(F)(F)F. The fourth-order valence-corrected chi connectivity index (χ4v) is 1.16. The minimum Gasteiger partial charge on any atom is -0.308 e. The summed E-state index contributed by atoms with van der Waals surface area (Å²) < 4.78 is 72.6. The number of halogens is 6. The van der Waals surface area contributed by atoms with Crippen molar-refractivity contribution in [3.8, 4) is 0 Å². The Bertz CT molecular complexity index is 490. The van der Waals surface area contributed by atoms with Crippen LogP contribution in [0.2, 0.25) is 0 Å². The number of H-pyrrole nitrogens is 2. The minimum atomic E-state index is -6.11. The smallest absolute Gasteiger partial charge is 0.308 e. The van der Waals surface area contributed by atoms with E-state index in [-0.39, 0.29) is 0 Å². The summed E-state index contributed by atoms with van der Waals surface area (Å²) in [7, 11) is 0. The van der Waals surface area contributed by atoms with E-state index in [0.717, 1.165) is 0 Å². The Labute approximate surface area is 99.2 Å². The second-order valence-electron chi connectivity index (χ2n) is 2.64. The quantitative estimate of drug-likeness (QED) is 0.381. The van der Waals surface area contributed by atoms with E-state index in [1.807, 2.05) is 0 Å². The number of nitrogens with one attached hydrogen (secondary N) is 2. The van der Waals surface area contributed by atoms with E-state index in [1.165, 1.54) is 0 Å². The number of hydrogen-bond acceptors (Lipinski definition) is 4. The molecule has 0 saturated carbocycles. The van der Waals surface area contributed by atoms with Crippen molar-refractivity contribution in [1.82, 2.24) is 15.0 Å². The van der Waals surface area contributed by atoms with Crippen LogP contribution in [-0.4, -0.2) is 27.2 Å². The van der Waals surface area contributed by atoms with E-state index in [0.29, 0.717) is 0 Å². The molecule has 4 nitrogen and oxygen atoms in total. The van der Waals surface area contributed by atoms with Crippen molar-refractivity contribution in [1.29, 1.82) is 0 Å². The fourth-order valence-electron chi connectivity index (χ4n) is 0.719. The van der Waals surface area contributed by atoms with Crippen molar-refractivity contribution in [2.75, 3.05) is 5.12 Å². The molecule has 96 valence electrons. The first-order chi connectivity index (χ1) is 7.55. The highest BCUT2D eigenvalue weighted by Gasteiger charge is 2.64. The zero-order valence-electron chi connectivity index (χ0n) is 7.48. The van der Waals surface area contributed by atoms with Crippen LogP contribution in [0, 0.1) is 9.54 Å². The van der Waals surface area contributed by atoms with E-state index < -0.39 is 32.8 Å². The van der Waals surface area contributed by atoms with Gasteiger partial charge < -0.3 is 9.97 Å². The molecule has 0 radical (unpaired) electrons. The first kappa shape index (κ1) is 13.9. The van der Waals surface area contributed by atoms with Gasteiger partial charge in [-0.25, -0.2) is 0 Å². The molecular formula is C5H2F6N4S2. The molecule has 0 aromatic carbocycles. The van der Waals surface area contributed by atoms with Gasteiger partial charge in [-0.1, -0.05) is 4.48 Å². The molecule has 0 fully saturated rings. The summed E-state index contributed by atoms with van der Waals surface area (Å²) in [5.41, 5.74) is 0. The van der Waals surface area contributed by atoms with Gasteiger partial charge in [0.1, 0.15) is 0 Å². The number of rotatable bonds is 2. The lowest BCUT2D eigenvalue weighted by Gasteiger charge is -2.24. The standard InChI is InChI=1S/C5H2F6N4S2/c6-4(7,8)5(9,10)15(11)1-12-2(16)14-3(17)13-1/h(H2,12,13,14,16,17). The van der Waals surface area contributed by atoms with Crippen LogP contribution in [-0.2, 0) is 0 Å². The van der Waals surface area contributed by atoms with Crippen molar-refractivity contribution < 1.29 is 26.4 Å². The number of alkyl halides is 5. The Kier molecular flexibility index (Phi) is 3.47. The van der Waals surface area contributed by atoms with Gasteiger partial charge in [0.05, 0.1) is 0 Å². The first-order valence-electron chi connectivity index (χ1n) is 3.67. The minimum absolute atomic E-state index is 0.444. The molecule has 0 aliphatic rings. The lowest BCUT2D eigenvalue weighted by Crippen LogP contribution is -2.49. The highest BCUT2D eigenvalue weighted by Crippen LogP contribution is 2.39. The second kappa shape index (κ2) is 4.25. The summed E-state index contributed by atoms with van der Waals surface area (Å²) in [5.74, 6) is -1.44. The Hall–Kier alpha value is -1.17. The molecule has 1 heterocycles. The van der Waals surface area contributed by atoms with Crippen LogP contribution in [0.25, 0.3) is 0 Å². The van der Waals surface area contributed by atoms with Crippen LogP contribution < -0.4 is 5.12 Å². The van der Waals surface area contributed by atoms with Crippen LogP contribution in [0.15, 0.2) is 0 Å². The van der Waals surface area contributed by atoms with Gasteiger partial charge in [-0.05, 0) is 24.4 Å². The topological polar surface area (TPSA) is 47.7 Å². The summed E-state index contributed by atoms with van der Waals surface area (Å²) >= 11 is 8.74. The van der Waals surface area contributed by atoms with E-state index >= 15 is 0 Å². The Morgan fingerprint density at radius 3 is 2.00 bits per heavy atom. The van der Waals surface area contributed by atoms with Gasteiger partial charge in [-0.3, -0.25) is 0 Å². The molecule has 1 aromatic rings. The summed E-state index contributed by atoms with van der Waals surface area (Å²) in [6, 6.07) is -5.75. The van der Waals surface area contributed by atoms with E-state index in [4.69, 9.17) is 0 Å². The van der Waals surface area contributed by atoms with Gasteiger partial charge in [0.15, 0.2) is 4.77 Å². The lowest BCUT2D eigenvalue weighted by molar-refractivity contribution is -0.293. The van der Waals surface area contributed by atoms with Gasteiger partial charge in [0.25, 0.3) is 0 Å². The monoisotopic (exact) mass is 296 g/mol. The molecule has 1 aromatic heterocycles. The third kappa shape index (κ3) is 2.74. The van der Waals surface area contributed by atoms with Gasteiger partial charge >= 0.3 is 12.2 Å². The summed E-state index contributed by atoms with van der Waals surface area (Å²) in [4.78, 5) is 6.70. The zero-order valence-corrected chi connectivity index (χ0v) is 9.11. The molecule has 0 aliphatic carbocycles. The molecule has 2 N–H and O–H groups in total. The third-order valence-electron chi connectivity index (χ3n) is 1.43. The average Bonchev–Trinajstić information content (AvgIpc) is 2.13. The molecule has 0 amide bonds. The van der Waals surface area contributed by atoms with Crippen LogP contribution in [0.4, 0.5) is 32.4 Å². The molecule has 0 atom stereocenters. The van der Waals surface area contributed by atoms with E-state index in [2.05, 4.69) is 34.4 Å². The highest BCUT2D eigenvalue weighted by molar-refractivity contribution is 7.71. The Morgan fingerprint density at radius 1 is 1.06 bits per heavy atom. The molecule has 17 heavy (non-hydrogen) atoms. The van der Waals surface area contributed by atoms with Gasteiger partial charge in [0.2, 0.25) is 10.7 Å². The van der Waals surface area contributed by atoms with Gasteiger partial charge in [-0.2, -0.15) is 26.9 Å². The van der Waals surface area contributed by atoms with Gasteiger partial charge in [0, 0.05) is 0 Å². The maximum absolute atomic E-state index is 12.9. The van der Waals surface area contributed by atoms with Crippen LogP contribution in [0.3, 0.4) is 0 Å².